The molecule has 0 fully saturated rings. The Morgan fingerprint density at radius 1 is 1.26 bits per heavy atom. The molecule has 0 spiro atoms. The molecular weight excluding hydrogens is 288 g/mol. The highest BCUT2D eigenvalue weighted by Crippen LogP contribution is 2.27. The third-order valence-corrected chi connectivity index (χ3v) is 4.15. The molecule has 0 aliphatic heterocycles. The Hall–Kier alpha value is -2.36. The molecule has 0 saturated carbocycles. The number of nitrogens with one attached hydrogen (secondary N) is 1. The molecule has 23 heavy (non-hydrogen) atoms. The van der Waals surface area contributed by atoms with Crippen molar-refractivity contribution in [3.8, 4) is 5.75 Å². The Morgan fingerprint density at radius 3 is 2.87 bits per heavy atom. The second-order valence-corrected chi connectivity index (χ2v) is 5.95. The fraction of sp³-hybridized carbons (Fsp3) is 0.368. The summed E-state index contributed by atoms with van der Waals surface area (Å²) in [6.45, 7) is 3.84. The fourth-order valence-corrected chi connectivity index (χ4v) is 2.93. The van der Waals surface area contributed by atoms with Crippen LogP contribution in [0.4, 0.5) is 5.82 Å². The molecule has 1 aromatic carbocycles. The summed E-state index contributed by atoms with van der Waals surface area (Å²) in [7, 11) is 0. The molecule has 1 unspecified atom stereocenters. The molecule has 1 aromatic heterocycles. The van der Waals surface area contributed by atoms with Crippen molar-refractivity contribution in [1.29, 1.82) is 0 Å². The zero-order valence-corrected chi connectivity index (χ0v) is 13.6. The molecule has 1 atom stereocenters. The largest absolute Gasteiger partial charge is 0.481 e. The number of fused-ring (bicyclic) bond motifs is 1. The number of amides is 1. The highest BCUT2D eigenvalue weighted by molar-refractivity contribution is 5.93. The van der Waals surface area contributed by atoms with Gasteiger partial charge < -0.3 is 10.1 Å². The molecule has 0 radical (unpaired) electrons. The highest BCUT2D eigenvalue weighted by atomic mass is 16.5. The van der Waals surface area contributed by atoms with E-state index in [0.29, 0.717) is 12.2 Å². The summed E-state index contributed by atoms with van der Waals surface area (Å²) in [5.41, 5.74) is 3.62. The van der Waals surface area contributed by atoms with Crippen LogP contribution in [-0.4, -0.2) is 17.0 Å². The van der Waals surface area contributed by atoms with Crippen LogP contribution in [0, 0.1) is 6.92 Å². The Kier molecular flexibility index (Phi) is 4.60. The predicted octanol–water partition coefficient (Wildman–Crippen LogP) is 3.67. The number of aryl methyl sites for hydroxylation is 3. The van der Waals surface area contributed by atoms with Gasteiger partial charge in [-0.05, 0) is 68.0 Å². The number of benzene rings is 1. The van der Waals surface area contributed by atoms with Crippen LogP contribution in [-0.2, 0) is 17.6 Å². The van der Waals surface area contributed by atoms with Gasteiger partial charge in [0.05, 0.1) is 0 Å². The van der Waals surface area contributed by atoms with Crippen LogP contribution in [0.15, 0.2) is 36.4 Å². The minimum atomic E-state index is -0.517. The van der Waals surface area contributed by atoms with Gasteiger partial charge in [-0.25, -0.2) is 4.98 Å². The van der Waals surface area contributed by atoms with Crippen molar-refractivity contribution < 1.29 is 9.53 Å². The minimum Gasteiger partial charge on any atom is -0.481 e. The SMILES string of the molecule is CCC(Oc1ccc2c(c1)CCC2)C(=O)Nc1cccc(C)n1. The van der Waals surface area contributed by atoms with E-state index >= 15 is 0 Å². The van der Waals surface area contributed by atoms with Gasteiger partial charge in [-0.1, -0.05) is 19.1 Å². The van der Waals surface area contributed by atoms with Gasteiger partial charge in [-0.2, -0.15) is 0 Å². The number of aromatic nitrogens is 1. The number of nitrogens with zero attached hydrogens (tertiary/aromatic N) is 1. The molecule has 3 rings (SSSR count). The lowest BCUT2D eigenvalue weighted by Crippen LogP contribution is -2.32. The van der Waals surface area contributed by atoms with Crippen LogP contribution in [0.25, 0.3) is 0 Å². The first-order valence-electron chi connectivity index (χ1n) is 8.18. The molecule has 4 heteroatoms. The molecule has 120 valence electrons. The Bertz CT molecular complexity index is 712. The second kappa shape index (κ2) is 6.82. The van der Waals surface area contributed by atoms with Crippen LogP contribution < -0.4 is 10.1 Å². The zero-order valence-electron chi connectivity index (χ0n) is 13.6. The first-order valence-corrected chi connectivity index (χ1v) is 8.18. The molecule has 2 aromatic rings. The quantitative estimate of drug-likeness (QED) is 0.916. The van der Waals surface area contributed by atoms with Crippen LogP contribution in [0.5, 0.6) is 5.75 Å². The molecule has 1 aliphatic rings. The van der Waals surface area contributed by atoms with Crippen molar-refractivity contribution in [2.75, 3.05) is 5.32 Å². The first-order chi connectivity index (χ1) is 11.2. The van der Waals surface area contributed by atoms with Gasteiger partial charge in [0.15, 0.2) is 6.10 Å². The average Bonchev–Trinajstić information content (AvgIpc) is 3.00. The van der Waals surface area contributed by atoms with E-state index in [1.165, 1.54) is 17.5 Å². The van der Waals surface area contributed by atoms with E-state index in [0.717, 1.165) is 24.3 Å². The van der Waals surface area contributed by atoms with E-state index in [9.17, 15) is 4.79 Å². The lowest BCUT2D eigenvalue weighted by Gasteiger charge is -2.17. The number of hydrogen-bond donors (Lipinski definition) is 1. The zero-order chi connectivity index (χ0) is 16.2. The van der Waals surface area contributed by atoms with Crippen LogP contribution in [0.2, 0.25) is 0 Å². The first kappa shape index (κ1) is 15.5. The number of pyridine rings is 1. The molecule has 1 N–H and O–H groups in total. The summed E-state index contributed by atoms with van der Waals surface area (Å²) in [6.07, 6.45) is 3.54. The van der Waals surface area contributed by atoms with Crippen molar-refractivity contribution in [2.24, 2.45) is 0 Å². The van der Waals surface area contributed by atoms with Crippen LogP contribution in [0.1, 0.15) is 36.6 Å². The highest BCUT2D eigenvalue weighted by Gasteiger charge is 2.20. The van der Waals surface area contributed by atoms with Crippen molar-refractivity contribution in [2.45, 2.75) is 45.6 Å². The summed E-state index contributed by atoms with van der Waals surface area (Å²) >= 11 is 0. The average molecular weight is 310 g/mol. The number of hydrogen-bond acceptors (Lipinski definition) is 3. The van der Waals surface area contributed by atoms with Crippen molar-refractivity contribution in [3.05, 3.63) is 53.2 Å². The molecule has 1 heterocycles. The number of carbonyl (C=O) groups excluding carboxylic acids is 1. The maximum Gasteiger partial charge on any atom is 0.266 e. The predicted molar refractivity (Wildman–Crippen MR) is 90.8 cm³/mol. The Balaban J connectivity index is 1.68. The number of carbonyl (C=O) groups is 1. The number of ether oxygens (including phenoxy) is 1. The third-order valence-electron chi connectivity index (χ3n) is 4.15. The molecular formula is C19H22N2O2. The second-order valence-electron chi connectivity index (χ2n) is 5.95. The van der Waals surface area contributed by atoms with Gasteiger partial charge in [0.25, 0.3) is 5.91 Å². The maximum absolute atomic E-state index is 12.4. The van der Waals surface area contributed by atoms with Gasteiger partial charge >= 0.3 is 0 Å². The normalized spacial score (nSPS) is 14.2. The Labute approximate surface area is 136 Å². The number of anilines is 1. The van der Waals surface area contributed by atoms with E-state index in [4.69, 9.17) is 4.74 Å². The lowest BCUT2D eigenvalue weighted by molar-refractivity contribution is -0.122. The third kappa shape index (κ3) is 3.70. The summed E-state index contributed by atoms with van der Waals surface area (Å²) in [6, 6.07) is 11.7. The monoisotopic (exact) mass is 310 g/mol. The minimum absolute atomic E-state index is 0.161. The summed E-state index contributed by atoms with van der Waals surface area (Å²) in [5, 5.41) is 2.83. The van der Waals surface area contributed by atoms with Gasteiger partial charge in [0.2, 0.25) is 0 Å². The van der Waals surface area contributed by atoms with E-state index in [2.05, 4.69) is 22.4 Å². The Morgan fingerprint density at radius 2 is 2.09 bits per heavy atom. The summed E-state index contributed by atoms with van der Waals surface area (Å²) in [5.74, 6) is 1.17. The molecule has 1 amide bonds. The van der Waals surface area contributed by atoms with Crippen LogP contribution in [0.3, 0.4) is 0 Å². The van der Waals surface area contributed by atoms with Gasteiger partial charge in [0.1, 0.15) is 11.6 Å². The van der Waals surface area contributed by atoms with Crippen molar-refractivity contribution in [3.63, 3.8) is 0 Å². The number of rotatable bonds is 5. The van der Waals surface area contributed by atoms with Crippen LogP contribution >= 0.6 is 0 Å². The van der Waals surface area contributed by atoms with Gasteiger partial charge in [-0.15, -0.1) is 0 Å². The smallest absolute Gasteiger partial charge is 0.266 e. The molecule has 0 bridgehead atoms. The molecule has 4 nitrogen and oxygen atoms in total. The van der Waals surface area contributed by atoms with Gasteiger partial charge in [0, 0.05) is 5.69 Å². The fourth-order valence-electron chi connectivity index (χ4n) is 2.93. The van der Waals surface area contributed by atoms with E-state index in [1.54, 1.807) is 6.07 Å². The molecule has 0 saturated heterocycles. The van der Waals surface area contributed by atoms with E-state index < -0.39 is 6.10 Å². The van der Waals surface area contributed by atoms with Crippen molar-refractivity contribution in [1.82, 2.24) is 4.98 Å². The van der Waals surface area contributed by atoms with E-state index in [1.807, 2.05) is 32.0 Å². The maximum atomic E-state index is 12.4. The lowest BCUT2D eigenvalue weighted by atomic mass is 10.1. The summed E-state index contributed by atoms with van der Waals surface area (Å²) in [4.78, 5) is 16.7. The van der Waals surface area contributed by atoms with Gasteiger partial charge in [-0.3, -0.25) is 4.79 Å². The topological polar surface area (TPSA) is 51.2 Å². The standard InChI is InChI=1S/C19H22N2O2/c1-3-17(19(22)21-18-9-4-6-13(2)20-18)23-16-11-10-14-7-5-8-15(14)12-16/h4,6,9-12,17H,3,5,7-8H2,1-2H3,(H,20,21,22). The summed E-state index contributed by atoms with van der Waals surface area (Å²) < 4.78 is 5.91. The van der Waals surface area contributed by atoms with E-state index in [-0.39, 0.29) is 5.91 Å². The molecule has 1 aliphatic carbocycles. The van der Waals surface area contributed by atoms with Crippen molar-refractivity contribution >= 4 is 11.7 Å².